The number of hydrogen-bond acceptors (Lipinski definition) is 2. The van der Waals surface area contributed by atoms with Gasteiger partial charge in [0, 0.05) is 11.0 Å². The normalized spacial score (nSPS) is 12.3. The first-order chi connectivity index (χ1) is 5.20. The Labute approximate surface area is 75.2 Å². The van der Waals surface area contributed by atoms with E-state index in [0.717, 1.165) is 6.42 Å². The van der Waals surface area contributed by atoms with Crippen molar-refractivity contribution in [2.75, 3.05) is 5.75 Å². The molecule has 0 aromatic heterocycles. The average Bonchev–Trinajstić information content (AvgIpc) is 2.01. The largest absolute Gasteiger partial charge is 0.312 e. The van der Waals surface area contributed by atoms with Crippen LogP contribution in [0.25, 0.3) is 0 Å². The average molecular weight is 168 g/mol. The van der Waals surface area contributed by atoms with Gasteiger partial charge in [0.15, 0.2) is 7.17 Å². The van der Waals surface area contributed by atoms with Gasteiger partial charge in [-0.1, -0.05) is 20.7 Å². The van der Waals surface area contributed by atoms with Crippen molar-refractivity contribution in [2.45, 2.75) is 32.3 Å². The quantitative estimate of drug-likeness (QED) is 0.557. The SMILES string of the molecule is C[B][B]C(=O)CSC(C)CC. The molecule has 1 nitrogen and oxygen atoms in total. The molecule has 0 rings (SSSR count). The Morgan fingerprint density at radius 1 is 1.64 bits per heavy atom. The first-order valence-corrected chi connectivity index (χ1v) is 5.02. The van der Waals surface area contributed by atoms with Crippen LogP contribution in [0.2, 0.25) is 6.82 Å². The van der Waals surface area contributed by atoms with Crippen LogP contribution in [0.15, 0.2) is 0 Å². The van der Waals surface area contributed by atoms with Crippen molar-refractivity contribution in [3.05, 3.63) is 0 Å². The van der Waals surface area contributed by atoms with E-state index in [1.165, 1.54) is 0 Å². The minimum absolute atomic E-state index is 0.220. The third-order valence-electron chi connectivity index (χ3n) is 1.44. The Morgan fingerprint density at radius 2 is 2.27 bits per heavy atom. The molecule has 0 aliphatic heterocycles. The number of hydrogen-bond donors (Lipinski definition) is 0. The van der Waals surface area contributed by atoms with Crippen LogP contribution in [-0.2, 0) is 4.79 Å². The molecule has 2 radical (unpaired) electrons. The van der Waals surface area contributed by atoms with E-state index < -0.39 is 0 Å². The number of thioether (sulfide) groups is 1. The van der Waals surface area contributed by atoms with Crippen molar-refractivity contribution in [3.63, 3.8) is 0 Å². The molecule has 1 unspecified atom stereocenters. The second kappa shape index (κ2) is 6.84. The lowest BCUT2D eigenvalue weighted by molar-refractivity contribution is -0.109. The number of rotatable bonds is 6. The molecule has 0 saturated heterocycles. The molecule has 0 saturated carbocycles. The lowest BCUT2D eigenvalue weighted by Gasteiger charge is -2.05. The van der Waals surface area contributed by atoms with Gasteiger partial charge in [0.05, 0.1) is 12.9 Å². The van der Waals surface area contributed by atoms with Crippen LogP contribution in [0.5, 0.6) is 0 Å². The van der Waals surface area contributed by atoms with Crippen LogP contribution >= 0.6 is 11.8 Å². The summed E-state index contributed by atoms with van der Waals surface area (Å²) in [4.78, 5) is 11.0. The summed E-state index contributed by atoms with van der Waals surface area (Å²) in [6.45, 7) is 6.15. The van der Waals surface area contributed by atoms with Crippen LogP contribution in [0.4, 0.5) is 0 Å². The van der Waals surface area contributed by atoms with Gasteiger partial charge >= 0.3 is 0 Å². The zero-order valence-electron chi connectivity index (χ0n) is 7.46. The van der Waals surface area contributed by atoms with E-state index in [1.54, 1.807) is 26.1 Å². The topological polar surface area (TPSA) is 17.1 Å². The van der Waals surface area contributed by atoms with E-state index in [-0.39, 0.29) is 5.68 Å². The molecule has 0 N–H and O–H groups in total. The van der Waals surface area contributed by atoms with Gasteiger partial charge in [-0.05, 0) is 6.42 Å². The predicted octanol–water partition coefficient (Wildman–Crippen LogP) is 1.42. The molecule has 60 valence electrons. The highest BCUT2D eigenvalue weighted by Crippen LogP contribution is 2.12. The van der Waals surface area contributed by atoms with Crippen LogP contribution in [0.1, 0.15) is 20.3 Å². The molecule has 0 aromatic carbocycles. The predicted molar refractivity (Wildman–Crippen MR) is 54.6 cm³/mol. The van der Waals surface area contributed by atoms with Gasteiger partial charge in [0.25, 0.3) is 0 Å². The van der Waals surface area contributed by atoms with Gasteiger partial charge in [-0.2, -0.15) is 11.8 Å². The van der Waals surface area contributed by atoms with Gasteiger partial charge in [-0.25, -0.2) is 0 Å². The Bertz CT molecular complexity index is 119. The fourth-order valence-corrected chi connectivity index (χ4v) is 1.36. The third-order valence-corrected chi connectivity index (χ3v) is 2.79. The van der Waals surface area contributed by atoms with Crippen LogP contribution in [0.3, 0.4) is 0 Å². The summed E-state index contributed by atoms with van der Waals surface area (Å²) in [5.74, 6) is 0.624. The summed E-state index contributed by atoms with van der Waals surface area (Å²) >= 11 is 1.72. The maximum atomic E-state index is 11.0. The highest BCUT2D eigenvalue weighted by molar-refractivity contribution is 8.00. The van der Waals surface area contributed by atoms with Crippen molar-refractivity contribution >= 4 is 31.8 Å². The Morgan fingerprint density at radius 3 is 2.73 bits per heavy atom. The van der Waals surface area contributed by atoms with Crippen LogP contribution in [-0.4, -0.2) is 31.0 Å². The van der Waals surface area contributed by atoms with E-state index >= 15 is 0 Å². The minimum Gasteiger partial charge on any atom is -0.312 e. The maximum Gasteiger partial charge on any atom is 0.157 e. The van der Waals surface area contributed by atoms with Crippen LogP contribution in [0, 0.1) is 0 Å². The summed E-state index contributed by atoms with van der Waals surface area (Å²) in [5, 5.41) is 0.601. The highest BCUT2D eigenvalue weighted by atomic mass is 32.2. The lowest BCUT2D eigenvalue weighted by Crippen LogP contribution is -2.17. The summed E-state index contributed by atoms with van der Waals surface area (Å²) in [7, 11) is 3.43. The second-order valence-electron chi connectivity index (χ2n) is 2.50. The first kappa shape index (κ1) is 11.1. The molecule has 0 aromatic rings. The zero-order chi connectivity index (χ0) is 8.69. The molecule has 4 heteroatoms. The third kappa shape index (κ3) is 6.54. The Hall–Kier alpha value is 0.150. The molecule has 1 atom stereocenters. The lowest BCUT2D eigenvalue weighted by atomic mass is 9.39. The van der Waals surface area contributed by atoms with Gasteiger partial charge in [0.2, 0.25) is 0 Å². The van der Waals surface area contributed by atoms with E-state index in [0.29, 0.717) is 11.0 Å². The summed E-state index contributed by atoms with van der Waals surface area (Å²) < 4.78 is 0. The highest BCUT2D eigenvalue weighted by Gasteiger charge is 2.04. The van der Waals surface area contributed by atoms with Crippen molar-refractivity contribution < 1.29 is 4.79 Å². The molecule has 0 fully saturated rings. The Balaban J connectivity index is 3.30. The number of carbonyl (C=O) groups is 1. The first-order valence-electron chi connectivity index (χ1n) is 3.97. The van der Waals surface area contributed by atoms with E-state index in [4.69, 9.17) is 0 Å². The fraction of sp³-hybridized carbons (Fsp3) is 0.857. The van der Waals surface area contributed by atoms with Crippen LogP contribution < -0.4 is 0 Å². The molecular formula is C7H14B2OS. The fourth-order valence-electron chi connectivity index (χ4n) is 0.576. The van der Waals surface area contributed by atoms with Crippen molar-refractivity contribution in [1.82, 2.24) is 0 Å². The maximum absolute atomic E-state index is 11.0. The van der Waals surface area contributed by atoms with E-state index in [2.05, 4.69) is 13.8 Å². The molecule has 0 amide bonds. The summed E-state index contributed by atoms with van der Waals surface area (Å²) in [6, 6.07) is 0. The van der Waals surface area contributed by atoms with Crippen molar-refractivity contribution in [1.29, 1.82) is 0 Å². The zero-order valence-corrected chi connectivity index (χ0v) is 8.28. The molecule has 0 aliphatic rings. The summed E-state index contributed by atoms with van der Waals surface area (Å²) in [5.41, 5.74) is 0.220. The Kier molecular flexibility index (Phi) is 6.93. The molecule has 0 heterocycles. The summed E-state index contributed by atoms with van der Waals surface area (Å²) in [6.07, 6.45) is 1.13. The second-order valence-corrected chi connectivity index (χ2v) is 3.92. The van der Waals surface area contributed by atoms with Crippen molar-refractivity contribution in [3.8, 4) is 0 Å². The molecule has 0 spiro atoms. The molecule has 11 heavy (non-hydrogen) atoms. The van der Waals surface area contributed by atoms with Gasteiger partial charge in [-0.3, -0.25) is 0 Å². The number of carbonyl (C=O) groups excluding carboxylic acids is 1. The smallest absolute Gasteiger partial charge is 0.157 e. The van der Waals surface area contributed by atoms with Crippen molar-refractivity contribution in [2.24, 2.45) is 0 Å². The standard InChI is InChI=1S/C7H14B2OS/c1-4-6(2)11-5-7(10)9-8-3/h6H,4-5H2,1-3H3. The molecule has 0 aliphatic carbocycles. The molecule has 0 bridgehead atoms. The van der Waals surface area contributed by atoms with Gasteiger partial charge in [0.1, 0.15) is 0 Å². The molecular weight excluding hydrogens is 154 g/mol. The van der Waals surface area contributed by atoms with Gasteiger partial charge in [-0.15, -0.1) is 0 Å². The van der Waals surface area contributed by atoms with E-state index in [1.807, 2.05) is 6.82 Å². The minimum atomic E-state index is 0.220. The van der Waals surface area contributed by atoms with E-state index in [9.17, 15) is 4.79 Å². The van der Waals surface area contributed by atoms with Gasteiger partial charge < -0.3 is 4.79 Å². The monoisotopic (exact) mass is 168 g/mol.